The number of aromatic nitrogens is 1. The maximum atomic E-state index is 12.9. The van der Waals surface area contributed by atoms with Crippen molar-refractivity contribution in [1.82, 2.24) is 4.98 Å². The van der Waals surface area contributed by atoms with Gasteiger partial charge >= 0.3 is 0 Å². The van der Waals surface area contributed by atoms with Crippen molar-refractivity contribution < 1.29 is 9.13 Å². The van der Waals surface area contributed by atoms with Crippen molar-refractivity contribution in [2.75, 3.05) is 0 Å². The Morgan fingerprint density at radius 2 is 2.06 bits per heavy atom. The minimum atomic E-state index is -0.373. The van der Waals surface area contributed by atoms with Crippen LogP contribution in [-0.4, -0.2) is 4.98 Å². The van der Waals surface area contributed by atoms with Gasteiger partial charge in [-0.05, 0) is 18.2 Å². The van der Waals surface area contributed by atoms with Gasteiger partial charge in [-0.3, -0.25) is 0 Å². The summed E-state index contributed by atoms with van der Waals surface area (Å²) in [6, 6.07) is 12.7. The predicted molar refractivity (Wildman–Crippen MR) is 59.7 cm³/mol. The van der Waals surface area contributed by atoms with Gasteiger partial charge in [0, 0.05) is 12.1 Å². The highest BCUT2D eigenvalue weighted by molar-refractivity contribution is 5.30. The van der Waals surface area contributed by atoms with Crippen LogP contribution in [0.25, 0.3) is 0 Å². The molecule has 0 aliphatic carbocycles. The van der Waals surface area contributed by atoms with Gasteiger partial charge in [-0.1, -0.05) is 12.1 Å². The van der Waals surface area contributed by atoms with Gasteiger partial charge in [0.1, 0.15) is 18.0 Å². The first-order valence-corrected chi connectivity index (χ1v) is 4.91. The molecule has 0 N–H and O–H groups in total. The predicted octanol–water partition coefficient (Wildman–Crippen LogP) is 3.09. The summed E-state index contributed by atoms with van der Waals surface area (Å²) in [5.41, 5.74) is 0.501. The molecule has 17 heavy (non-hydrogen) atoms. The second-order valence-electron chi connectivity index (χ2n) is 3.23. The summed E-state index contributed by atoms with van der Waals surface area (Å²) in [6.07, 6.45) is 1.30. The van der Waals surface area contributed by atoms with Gasteiger partial charge in [0.25, 0.3) is 0 Å². The summed E-state index contributed by atoms with van der Waals surface area (Å²) in [6.45, 7) is 0. The topological polar surface area (TPSA) is 45.9 Å². The Hall–Kier alpha value is -2.41. The summed E-state index contributed by atoms with van der Waals surface area (Å²) < 4.78 is 18.3. The molecule has 1 radical (unpaired) electrons. The van der Waals surface area contributed by atoms with E-state index in [4.69, 9.17) is 10.00 Å². The van der Waals surface area contributed by atoms with E-state index in [2.05, 4.69) is 4.98 Å². The largest absolute Gasteiger partial charge is 0.439 e. The molecular formula is C13H8FN2O. The number of rotatable bonds is 3. The Labute approximate surface area is 98.1 Å². The van der Waals surface area contributed by atoms with E-state index in [0.29, 0.717) is 17.3 Å². The van der Waals surface area contributed by atoms with Gasteiger partial charge in [0.15, 0.2) is 0 Å². The molecule has 2 aromatic rings. The Bertz CT molecular complexity index is 563. The van der Waals surface area contributed by atoms with Crippen molar-refractivity contribution in [3.05, 3.63) is 60.4 Å². The molecule has 0 atom stereocenters. The van der Waals surface area contributed by atoms with Crippen LogP contribution in [0.15, 0.2) is 42.5 Å². The Morgan fingerprint density at radius 3 is 2.82 bits per heavy atom. The molecule has 2 rings (SSSR count). The van der Waals surface area contributed by atoms with Crippen molar-refractivity contribution in [2.24, 2.45) is 0 Å². The minimum absolute atomic E-state index is 0.319. The number of hydrogen-bond donors (Lipinski definition) is 0. The maximum Gasteiger partial charge on any atom is 0.219 e. The molecule has 0 aliphatic rings. The van der Waals surface area contributed by atoms with Crippen molar-refractivity contribution >= 4 is 0 Å². The SMILES string of the molecule is N#C[CH]c1cccc(Oc2cccc(F)c2)n1. The minimum Gasteiger partial charge on any atom is -0.439 e. The Kier molecular flexibility index (Phi) is 3.31. The van der Waals surface area contributed by atoms with E-state index in [0.717, 1.165) is 0 Å². The van der Waals surface area contributed by atoms with Crippen LogP contribution in [0.4, 0.5) is 4.39 Å². The van der Waals surface area contributed by atoms with Gasteiger partial charge in [-0.15, -0.1) is 0 Å². The third kappa shape index (κ3) is 3.02. The quantitative estimate of drug-likeness (QED) is 0.809. The molecule has 3 nitrogen and oxygen atoms in total. The van der Waals surface area contributed by atoms with Gasteiger partial charge in [-0.2, -0.15) is 5.26 Å². The number of pyridine rings is 1. The number of hydrogen-bond acceptors (Lipinski definition) is 3. The average Bonchev–Trinajstić information content (AvgIpc) is 2.30. The first-order chi connectivity index (χ1) is 8.28. The lowest BCUT2D eigenvalue weighted by atomic mass is 10.3. The molecule has 0 amide bonds. The van der Waals surface area contributed by atoms with Gasteiger partial charge < -0.3 is 4.74 Å². The number of halogens is 1. The van der Waals surface area contributed by atoms with E-state index >= 15 is 0 Å². The molecule has 1 heterocycles. The Morgan fingerprint density at radius 1 is 1.24 bits per heavy atom. The molecule has 0 unspecified atom stereocenters. The monoisotopic (exact) mass is 227 g/mol. The van der Waals surface area contributed by atoms with Crippen LogP contribution in [-0.2, 0) is 0 Å². The second kappa shape index (κ2) is 5.08. The van der Waals surface area contributed by atoms with Crippen molar-refractivity contribution in [3.8, 4) is 17.7 Å². The van der Waals surface area contributed by atoms with Crippen LogP contribution >= 0.6 is 0 Å². The fraction of sp³-hybridized carbons (Fsp3) is 0. The molecule has 1 aromatic heterocycles. The summed E-state index contributed by atoms with van der Waals surface area (Å²) in [4.78, 5) is 4.06. The summed E-state index contributed by atoms with van der Waals surface area (Å²) in [7, 11) is 0. The second-order valence-corrected chi connectivity index (χ2v) is 3.23. The van der Waals surface area contributed by atoms with Gasteiger partial charge in [0.2, 0.25) is 5.88 Å². The summed E-state index contributed by atoms with van der Waals surface area (Å²) in [5.74, 6) is 0.313. The maximum absolute atomic E-state index is 12.9. The molecule has 1 aromatic carbocycles. The lowest BCUT2D eigenvalue weighted by molar-refractivity contribution is 0.457. The van der Waals surface area contributed by atoms with E-state index in [1.807, 2.05) is 6.07 Å². The normalized spacial score (nSPS) is 9.65. The van der Waals surface area contributed by atoms with Crippen molar-refractivity contribution in [3.63, 3.8) is 0 Å². The van der Waals surface area contributed by atoms with Gasteiger partial charge in [0.05, 0.1) is 11.8 Å². The zero-order valence-electron chi connectivity index (χ0n) is 8.80. The highest BCUT2D eigenvalue weighted by Crippen LogP contribution is 2.20. The van der Waals surface area contributed by atoms with Crippen molar-refractivity contribution in [1.29, 1.82) is 5.26 Å². The smallest absolute Gasteiger partial charge is 0.219 e. The molecule has 83 valence electrons. The first-order valence-electron chi connectivity index (χ1n) is 4.91. The standard InChI is InChI=1S/C13H8FN2O/c14-10-3-1-5-12(9-10)17-13-6-2-4-11(16-13)7-8-15/h1-7,9H. The molecule has 0 fully saturated rings. The van der Waals surface area contributed by atoms with E-state index in [1.165, 1.54) is 18.6 Å². The highest BCUT2D eigenvalue weighted by atomic mass is 19.1. The summed E-state index contributed by atoms with van der Waals surface area (Å²) >= 11 is 0. The molecule has 0 bridgehead atoms. The number of nitriles is 1. The zero-order chi connectivity index (χ0) is 12.1. The van der Waals surface area contributed by atoms with Crippen molar-refractivity contribution in [2.45, 2.75) is 0 Å². The van der Waals surface area contributed by atoms with Crippen LogP contribution in [0.5, 0.6) is 11.6 Å². The third-order valence-electron chi connectivity index (χ3n) is 1.98. The lowest BCUT2D eigenvalue weighted by Gasteiger charge is -2.05. The average molecular weight is 227 g/mol. The highest BCUT2D eigenvalue weighted by Gasteiger charge is 2.01. The van der Waals surface area contributed by atoms with Crippen LogP contribution in [0.2, 0.25) is 0 Å². The van der Waals surface area contributed by atoms with E-state index in [-0.39, 0.29) is 5.82 Å². The van der Waals surface area contributed by atoms with Crippen LogP contribution < -0.4 is 4.74 Å². The number of ether oxygens (including phenoxy) is 1. The third-order valence-corrected chi connectivity index (χ3v) is 1.98. The molecule has 0 saturated carbocycles. The summed E-state index contributed by atoms with van der Waals surface area (Å²) in [5, 5.41) is 8.50. The van der Waals surface area contributed by atoms with E-state index in [9.17, 15) is 4.39 Å². The van der Waals surface area contributed by atoms with Crippen LogP contribution in [0, 0.1) is 23.6 Å². The first kappa shape index (κ1) is 11.1. The van der Waals surface area contributed by atoms with Crippen LogP contribution in [0.1, 0.15) is 5.69 Å². The van der Waals surface area contributed by atoms with E-state index in [1.54, 1.807) is 30.3 Å². The zero-order valence-corrected chi connectivity index (χ0v) is 8.80. The van der Waals surface area contributed by atoms with Gasteiger partial charge in [-0.25, -0.2) is 9.37 Å². The fourth-order valence-electron chi connectivity index (χ4n) is 1.29. The molecule has 0 saturated heterocycles. The molecule has 0 aliphatic heterocycles. The van der Waals surface area contributed by atoms with Crippen LogP contribution in [0.3, 0.4) is 0 Å². The molecule has 0 spiro atoms. The van der Waals surface area contributed by atoms with E-state index < -0.39 is 0 Å². The molecule has 4 heteroatoms. The number of benzene rings is 1. The fourth-order valence-corrected chi connectivity index (χ4v) is 1.29. The number of nitrogens with zero attached hydrogens (tertiary/aromatic N) is 2. The molecular weight excluding hydrogens is 219 g/mol. The lowest BCUT2D eigenvalue weighted by Crippen LogP contribution is -1.91. The Balaban J connectivity index is 2.19.